The number of hydrogen-bond acceptors (Lipinski definition) is 5. The first-order valence-corrected chi connectivity index (χ1v) is 27.9. The first-order chi connectivity index (χ1) is 31.7. The van der Waals surface area contributed by atoms with Gasteiger partial charge in [0.1, 0.15) is 8.07 Å². The molecule has 3 nitrogen and oxygen atoms in total. The monoisotopic (exact) mass is 1050 g/mol. The summed E-state index contributed by atoms with van der Waals surface area (Å²) in [5.41, 5.74) is 13.1. The number of fused-ring (bicyclic) bond motifs is 1. The van der Waals surface area contributed by atoms with E-state index in [9.17, 15) is 0 Å². The molecule has 1 aliphatic rings. The van der Waals surface area contributed by atoms with Crippen LogP contribution in [0.5, 0.6) is 11.5 Å². The van der Waals surface area contributed by atoms with Crippen molar-refractivity contribution in [1.82, 2.24) is 0 Å². The van der Waals surface area contributed by atoms with Gasteiger partial charge in [0.2, 0.25) is 0 Å². The van der Waals surface area contributed by atoms with Crippen molar-refractivity contribution in [2.75, 3.05) is 6.61 Å². The fourth-order valence-electron chi connectivity index (χ4n) is 8.10. The molecule has 7 heteroatoms. The smallest absolute Gasteiger partial charge is 0.361 e. The predicted octanol–water partition coefficient (Wildman–Crippen LogP) is 15.3. The number of hydrogen-bond donors (Lipinski definition) is 0. The summed E-state index contributed by atoms with van der Waals surface area (Å²) in [5.74, 6) is 31.9. The Labute approximate surface area is 425 Å². The van der Waals surface area contributed by atoms with E-state index in [1.807, 2.05) is 79.3 Å². The molecule has 1 heterocycles. The van der Waals surface area contributed by atoms with E-state index >= 15 is 0 Å². The number of ether oxygens (including phenoxy) is 3. The Morgan fingerprint density at radius 2 is 0.925 bits per heavy atom. The van der Waals surface area contributed by atoms with Crippen LogP contribution < -0.4 is 9.47 Å². The number of benzene rings is 5. The molecule has 0 saturated heterocycles. The molecular formula is C60H61IO3S2Si. The van der Waals surface area contributed by atoms with Crippen molar-refractivity contribution < 1.29 is 14.2 Å². The molecule has 1 aliphatic heterocycles. The Morgan fingerprint density at radius 1 is 0.522 bits per heavy atom. The van der Waals surface area contributed by atoms with Crippen LogP contribution >= 0.6 is 46.1 Å². The van der Waals surface area contributed by atoms with Crippen molar-refractivity contribution >= 4 is 54.2 Å². The Hall–Kier alpha value is -4.89. The van der Waals surface area contributed by atoms with Crippen LogP contribution in [-0.2, 0) is 4.74 Å². The standard InChI is InChI=1S/C60H61IO3S2Si/c1-14-62-58-63-56-49(29-30-50(57(56)64-58)35-36-67(41(2)3,42(4)5)43(6)7)28-27-48-31-32-53(65-59(8,9)10)39-51(48)25-23-46-19-15-17-44(37-46)21-22-45-18-16-20-47(38-45)24-26-52-40-54(33-34-55(52)61)66-60(11,12)13/h15-20,29-34,37-43,58H,14H2,1-13H3. The van der Waals surface area contributed by atoms with Gasteiger partial charge in [-0.1, -0.05) is 149 Å². The summed E-state index contributed by atoms with van der Waals surface area (Å²) in [5, 5.41) is 0. The van der Waals surface area contributed by atoms with Crippen LogP contribution in [0.25, 0.3) is 0 Å². The molecule has 0 saturated carbocycles. The summed E-state index contributed by atoms with van der Waals surface area (Å²) in [6.07, 6.45) is 0. The summed E-state index contributed by atoms with van der Waals surface area (Å²) >= 11 is 6.01. The zero-order valence-electron chi connectivity index (χ0n) is 41.2. The van der Waals surface area contributed by atoms with Crippen LogP contribution in [0.1, 0.15) is 140 Å². The summed E-state index contributed by atoms with van der Waals surface area (Å²) in [7, 11) is -1.99. The van der Waals surface area contributed by atoms with Gasteiger partial charge < -0.3 is 14.2 Å². The highest BCUT2D eigenvalue weighted by molar-refractivity contribution is 14.1. The molecule has 0 amide bonds. The van der Waals surface area contributed by atoms with E-state index in [1.165, 1.54) is 4.90 Å². The van der Waals surface area contributed by atoms with Gasteiger partial charge in [-0.05, 0) is 131 Å². The molecule has 342 valence electrons. The normalized spacial score (nSPS) is 13.1. The van der Waals surface area contributed by atoms with Crippen molar-refractivity contribution in [3.8, 4) is 70.3 Å². The van der Waals surface area contributed by atoms with Gasteiger partial charge in [0.05, 0.1) is 17.7 Å². The van der Waals surface area contributed by atoms with Gasteiger partial charge in [-0.2, -0.15) is 0 Å². The van der Waals surface area contributed by atoms with E-state index in [4.69, 9.17) is 14.2 Å². The first kappa shape index (κ1) is 51.5. The third-order valence-electron chi connectivity index (χ3n) is 11.0. The van der Waals surface area contributed by atoms with Crippen molar-refractivity contribution in [3.63, 3.8) is 0 Å². The Bertz CT molecular complexity index is 2930. The predicted molar refractivity (Wildman–Crippen MR) is 295 cm³/mol. The van der Waals surface area contributed by atoms with Gasteiger partial charge in [0.15, 0.2) is 11.5 Å². The van der Waals surface area contributed by atoms with Crippen molar-refractivity contribution in [2.45, 2.75) is 132 Å². The van der Waals surface area contributed by atoms with Gasteiger partial charge >= 0.3 is 6.48 Å². The second kappa shape index (κ2) is 22.5. The third kappa shape index (κ3) is 14.1. The highest BCUT2D eigenvalue weighted by Crippen LogP contribution is 2.43. The van der Waals surface area contributed by atoms with Gasteiger partial charge in [0.25, 0.3) is 0 Å². The minimum atomic E-state index is -1.99. The summed E-state index contributed by atoms with van der Waals surface area (Å²) < 4.78 is 19.6. The van der Waals surface area contributed by atoms with Crippen molar-refractivity contribution in [2.24, 2.45) is 0 Å². The van der Waals surface area contributed by atoms with Gasteiger partial charge in [-0.15, -0.1) is 29.1 Å². The topological polar surface area (TPSA) is 27.7 Å². The van der Waals surface area contributed by atoms with Crippen molar-refractivity contribution in [3.05, 3.63) is 151 Å². The SMILES string of the molecule is CCOC1Oc2c(C#Cc3ccc(SC(C)(C)C)cc3C#Cc3cccc(C#Cc4cccc(C#Cc5cc(SC(C)(C)C)ccc5I)c4)c3)ccc(C#C[Si](C(C)C)(C(C)C)C(C)C)c2O1. The number of halogens is 1. The lowest BCUT2D eigenvalue weighted by Gasteiger charge is -2.38. The fourth-order valence-corrected chi connectivity index (χ4v) is 15.8. The minimum absolute atomic E-state index is 0.0220. The average Bonchev–Trinajstić information content (AvgIpc) is 3.69. The molecule has 67 heavy (non-hydrogen) atoms. The van der Waals surface area contributed by atoms with Crippen LogP contribution in [0.2, 0.25) is 16.6 Å². The second-order valence-corrected chi connectivity index (χ2v) is 29.9. The highest BCUT2D eigenvalue weighted by Gasteiger charge is 2.42. The van der Waals surface area contributed by atoms with Crippen LogP contribution in [0.15, 0.2) is 107 Å². The summed E-state index contributed by atoms with van der Waals surface area (Å²) in [4.78, 5) is 2.35. The Morgan fingerprint density at radius 3 is 1.40 bits per heavy atom. The first-order valence-electron chi connectivity index (χ1n) is 23.0. The maximum Gasteiger partial charge on any atom is 0.361 e. The van der Waals surface area contributed by atoms with E-state index in [-0.39, 0.29) is 9.49 Å². The molecule has 0 fully saturated rings. The largest absolute Gasteiger partial charge is 0.427 e. The number of rotatable bonds is 7. The summed E-state index contributed by atoms with van der Waals surface area (Å²) in [6.45, 7) is 28.7. The fraction of sp³-hybridized carbons (Fsp3) is 0.333. The molecule has 0 radical (unpaired) electrons. The van der Waals surface area contributed by atoms with E-state index in [2.05, 4.69) is 201 Å². The molecule has 5 aromatic carbocycles. The Balaban J connectivity index is 1.30. The molecule has 0 spiro atoms. The lowest BCUT2D eigenvalue weighted by molar-refractivity contribution is -0.173. The molecule has 1 atom stereocenters. The maximum absolute atomic E-state index is 6.25. The van der Waals surface area contributed by atoms with Crippen LogP contribution in [0, 0.1) is 62.4 Å². The third-order valence-corrected chi connectivity index (χ3v) is 20.4. The van der Waals surface area contributed by atoms with Crippen LogP contribution in [0.4, 0.5) is 0 Å². The highest BCUT2D eigenvalue weighted by atomic mass is 127. The van der Waals surface area contributed by atoms with Gasteiger partial charge in [-0.25, -0.2) is 0 Å². The lowest BCUT2D eigenvalue weighted by atomic mass is 10.0. The molecule has 0 N–H and O–H groups in total. The Kier molecular flexibility index (Phi) is 17.3. The molecule has 6 rings (SSSR count). The van der Waals surface area contributed by atoms with Crippen molar-refractivity contribution in [1.29, 1.82) is 0 Å². The quantitative estimate of drug-likeness (QED) is 0.0701. The zero-order chi connectivity index (χ0) is 48.5. The second-order valence-electron chi connectivity index (χ2n) is 19.4. The molecule has 0 aliphatic carbocycles. The molecule has 0 bridgehead atoms. The zero-order valence-corrected chi connectivity index (χ0v) is 46.0. The van der Waals surface area contributed by atoms with E-state index in [0.29, 0.717) is 40.3 Å². The summed E-state index contributed by atoms with van der Waals surface area (Å²) in [6, 6.07) is 32.9. The van der Waals surface area contributed by atoms with Crippen LogP contribution in [0.3, 0.4) is 0 Å². The van der Waals surface area contributed by atoms with Gasteiger partial charge in [-0.3, -0.25) is 0 Å². The molecule has 5 aromatic rings. The van der Waals surface area contributed by atoms with Crippen LogP contribution in [-0.4, -0.2) is 30.7 Å². The van der Waals surface area contributed by atoms with E-state index in [1.54, 1.807) is 11.8 Å². The molecular weight excluding hydrogens is 988 g/mol. The molecule has 1 unspecified atom stereocenters. The van der Waals surface area contributed by atoms with E-state index < -0.39 is 14.5 Å². The molecule has 0 aromatic heterocycles. The minimum Gasteiger partial charge on any atom is -0.427 e. The number of thioether (sulfide) groups is 2. The lowest BCUT2D eigenvalue weighted by Crippen LogP contribution is -2.43. The average molecular weight is 1050 g/mol. The van der Waals surface area contributed by atoms with Gasteiger partial charge in [0, 0.05) is 61.8 Å². The maximum atomic E-state index is 6.25. The van der Waals surface area contributed by atoms with E-state index in [0.717, 1.165) is 53.0 Å².